The summed E-state index contributed by atoms with van der Waals surface area (Å²) in [4.78, 5) is 22.9. The number of carbonyl (C=O) groups is 2. The minimum atomic E-state index is -0.637. The Balaban J connectivity index is 2.74. The number of phenolic OH excluding ortho intramolecular Hbond substituents is 1. The van der Waals surface area contributed by atoms with E-state index in [1.165, 1.54) is 13.2 Å². The predicted octanol–water partition coefficient (Wildman–Crippen LogP) is 2.20. The Labute approximate surface area is 117 Å². The molecule has 0 unspecified atom stereocenters. The van der Waals surface area contributed by atoms with Crippen LogP contribution < -0.4 is 5.32 Å². The fraction of sp³-hybridized carbons (Fsp3) is 0.429. The summed E-state index contributed by atoms with van der Waals surface area (Å²) < 4.78 is 9.63. The van der Waals surface area contributed by atoms with Gasteiger partial charge in [0.15, 0.2) is 0 Å². The van der Waals surface area contributed by atoms with Gasteiger partial charge in [0.2, 0.25) is 0 Å². The first kappa shape index (κ1) is 15.8. The number of alkyl carbamates (subject to hydrolysis) is 1. The van der Waals surface area contributed by atoms with E-state index in [0.29, 0.717) is 5.56 Å². The first-order chi connectivity index (χ1) is 9.24. The highest BCUT2D eigenvalue weighted by molar-refractivity contribution is 5.92. The summed E-state index contributed by atoms with van der Waals surface area (Å²) in [6.45, 7) is 5.30. The van der Waals surface area contributed by atoms with Crippen molar-refractivity contribution in [2.24, 2.45) is 0 Å². The zero-order valence-corrected chi connectivity index (χ0v) is 12.0. The summed E-state index contributed by atoms with van der Waals surface area (Å²) >= 11 is 0. The van der Waals surface area contributed by atoms with E-state index in [-0.39, 0.29) is 17.9 Å². The summed E-state index contributed by atoms with van der Waals surface area (Å²) in [6, 6.07) is 4.63. The van der Waals surface area contributed by atoms with Gasteiger partial charge in [0.05, 0.1) is 7.11 Å². The van der Waals surface area contributed by atoms with Crippen LogP contribution >= 0.6 is 0 Å². The largest absolute Gasteiger partial charge is 0.507 e. The number of benzene rings is 1. The van der Waals surface area contributed by atoms with E-state index in [1.807, 2.05) is 0 Å². The Morgan fingerprint density at radius 3 is 2.50 bits per heavy atom. The maximum absolute atomic E-state index is 11.5. The van der Waals surface area contributed by atoms with E-state index >= 15 is 0 Å². The topological polar surface area (TPSA) is 84.9 Å². The highest BCUT2D eigenvalue weighted by Gasteiger charge is 2.18. The number of hydrogen-bond acceptors (Lipinski definition) is 5. The summed E-state index contributed by atoms with van der Waals surface area (Å²) in [6.07, 6.45) is -0.597. The van der Waals surface area contributed by atoms with Crippen molar-refractivity contribution in [2.75, 3.05) is 7.11 Å². The van der Waals surface area contributed by atoms with Crippen molar-refractivity contribution >= 4 is 12.1 Å². The molecular weight excluding hydrogens is 262 g/mol. The summed E-state index contributed by atoms with van der Waals surface area (Å²) in [5.41, 5.74) is -0.144. The number of nitrogens with one attached hydrogen (secondary N) is 1. The van der Waals surface area contributed by atoms with Gasteiger partial charge in [-0.2, -0.15) is 0 Å². The molecule has 0 fully saturated rings. The molecule has 1 aromatic carbocycles. The number of phenols is 1. The fourth-order valence-electron chi connectivity index (χ4n) is 1.49. The lowest BCUT2D eigenvalue weighted by Gasteiger charge is -2.19. The van der Waals surface area contributed by atoms with Crippen LogP contribution in [0.3, 0.4) is 0 Å². The molecule has 0 aliphatic heterocycles. The van der Waals surface area contributed by atoms with E-state index in [0.717, 1.165) is 0 Å². The predicted molar refractivity (Wildman–Crippen MR) is 72.5 cm³/mol. The van der Waals surface area contributed by atoms with Crippen molar-refractivity contribution in [3.63, 3.8) is 0 Å². The normalized spacial score (nSPS) is 10.8. The van der Waals surface area contributed by atoms with Crippen molar-refractivity contribution < 1.29 is 24.2 Å². The first-order valence-electron chi connectivity index (χ1n) is 6.10. The van der Waals surface area contributed by atoms with Crippen LogP contribution in [0.2, 0.25) is 0 Å². The Morgan fingerprint density at radius 1 is 1.30 bits per heavy atom. The highest BCUT2D eigenvalue weighted by Crippen LogP contribution is 2.23. The van der Waals surface area contributed by atoms with E-state index in [4.69, 9.17) is 4.74 Å². The molecule has 0 spiro atoms. The third-order valence-corrected chi connectivity index (χ3v) is 2.35. The molecule has 2 N–H and O–H groups in total. The smallest absolute Gasteiger partial charge is 0.407 e. The standard InChI is InChI=1S/C14H19NO5/c1-14(2,3)20-13(18)15-8-9-6-5-7-10(11(9)16)12(17)19-4/h5-7,16H,8H2,1-4H3,(H,15,18). The molecule has 110 valence electrons. The van der Waals surface area contributed by atoms with E-state index < -0.39 is 17.7 Å². The molecule has 6 heteroatoms. The second-order valence-corrected chi connectivity index (χ2v) is 5.16. The molecule has 0 saturated carbocycles. The average molecular weight is 281 g/mol. The monoisotopic (exact) mass is 281 g/mol. The first-order valence-corrected chi connectivity index (χ1v) is 6.10. The second kappa shape index (κ2) is 6.27. The maximum Gasteiger partial charge on any atom is 0.407 e. The van der Waals surface area contributed by atoms with Crippen LogP contribution in [-0.4, -0.2) is 29.9 Å². The Kier molecular flexibility index (Phi) is 4.96. The van der Waals surface area contributed by atoms with Crippen LogP contribution in [0.15, 0.2) is 18.2 Å². The zero-order chi connectivity index (χ0) is 15.3. The van der Waals surface area contributed by atoms with E-state index in [9.17, 15) is 14.7 Å². The van der Waals surface area contributed by atoms with Gasteiger partial charge >= 0.3 is 12.1 Å². The molecule has 0 radical (unpaired) electrons. The lowest BCUT2D eigenvalue weighted by molar-refractivity contribution is 0.0523. The van der Waals surface area contributed by atoms with Crippen LogP contribution in [-0.2, 0) is 16.0 Å². The summed E-state index contributed by atoms with van der Waals surface area (Å²) in [7, 11) is 1.23. The maximum atomic E-state index is 11.5. The zero-order valence-electron chi connectivity index (χ0n) is 12.0. The van der Waals surface area contributed by atoms with Gasteiger partial charge in [-0.1, -0.05) is 12.1 Å². The molecular formula is C14H19NO5. The molecule has 6 nitrogen and oxygen atoms in total. The lowest BCUT2D eigenvalue weighted by Crippen LogP contribution is -2.32. The molecule has 20 heavy (non-hydrogen) atoms. The molecule has 0 aliphatic carbocycles. The number of ether oxygens (including phenoxy) is 2. The van der Waals surface area contributed by atoms with Gasteiger partial charge in [-0.3, -0.25) is 0 Å². The van der Waals surface area contributed by atoms with Gasteiger partial charge in [0, 0.05) is 12.1 Å². The third-order valence-electron chi connectivity index (χ3n) is 2.35. The van der Waals surface area contributed by atoms with Gasteiger partial charge in [-0.15, -0.1) is 0 Å². The van der Waals surface area contributed by atoms with E-state index in [1.54, 1.807) is 32.9 Å². The molecule has 1 rings (SSSR count). The van der Waals surface area contributed by atoms with Gasteiger partial charge in [-0.05, 0) is 26.8 Å². The fourth-order valence-corrected chi connectivity index (χ4v) is 1.49. The minimum Gasteiger partial charge on any atom is -0.507 e. The number of methoxy groups -OCH3 is 1. The molecule has 1 aromatic rings. The van der Waals surface area contributed by atoms with Crippen molar-refractivity contribution in [1.29, 1.82) is 0 Å². The average Bonchev–Trinajstić information content (AvgIpc) is 2.34. The number of hydrogen-bond donors (Lipinski definition) is 2. The molecule has 0 aliphatic rings. The highest BCUT2D eigenvalue weighted by atomic mass is 16.6. The SMILES string of the molecule is COC(=O)c1cccc(CNC(=O)OC(C)(C)C)c1O. The number of rotatable bonds is 3. The van der Waals surface area contributed by atoms with Crippen molar-refractivity contribution in [3.8, 4) is 5.75 Å². The Hall–Kier alpha value is -2.24. The Morgan fingerprint density at radius 2 is 1.95 bits per heavy atom. The quantitative estimate of drug-likeness (QED) is 0.830. The van der Waals surface area contributed by atoms with Crippen LogP contribution in [0.5, 0.6) is 5.75 Å². The van der Waals surface area contributed by atoms with Crippen molar-refractivity contribution in [1.82, 2.24) is 5.32 Å². The summed E-state index contributed by atoms with van der Waals surface area (Å²) in [5, 5.41) is 12.5. The number of carbonyl (C=O) groups excluding carboxylic acids is 2. The minimum absolute atomic E-state index is 0.0472. The number of aromatic hydroxyl groups is 1. The van der Waals surface area contributed by atoms with Crippen LogP contribution in [0.4, 0.5) is 4.79 Å². The van der Waals surface area contributed by atoms with Crippen LogP contribution in [0.1, 0.15) is 36.7 Å². The molecule has 0 aromatic heterocycles. The second-order valence-electron chi connectivity index (χ2n) is 5.16. The van der Waals surface area contributed by atoms with Crippen LogP contribution in [0, 0.1) is 0 Å². The van der Waals surface area contributed by atoms with Crippen LogP contribution in [0.25, 0.3) is 0 Å². The van der Waals surface area contributed by atoms with Gasteiger partial charge in [-0.25, -0.2) is 9.59 Å². The van der Waals surface area contributed by atoms with Crippen molar-refractivity contribution in [3.05, 3.63) is 29.3 Å². The molecule has 1 amide bonds. The number of para-hydroxylation sites is 1. The molecule has 0 bridgehead atoms. The molecule has 0 atom stereocenters. The lowest BCUT2D eigenvalue weighted by atomic mass is 10.1. The molecule has 0 heterocycles. The molecule has 0 saturated heterocycles. The van der Waals surface area contributed by atoms with Gasteiger partial charge in [0.1, 0.15) is 16.9 Å². The van der Waals surface area contributed by atoms with Gasteiger partial charge < -0.3 is 19.9 Å². The van der Waals surface area contributed by atoms with Crippen molar-refractivity contribution in [2.45, 2.75) is 32.9 Å². The number of amides is 1. The third kappa shape index (κ3) is 4.46. The number of esters is 1. The van der Waals surface area contributed by atoms with E-state index in [2.05, 4.69) is 10.1 Å². The Bertz CT molecular complexity index is 505. The van der Waals surface area contributed by atoms with Gasteiger partial charge in [0.25, 0.3) is 0 Å². The summed E-state index contributed by atoms with van der Waals surface area (Å²) in [5.74, 6) is -0.850.